The van der Waals surface area contributed by atoms with Gasteiger partial charge in [0.15, 0.2) is 11.6 Å². The van der Waals surface area contributed by atoms with Gasteiger partial charge in [0.25, 0.3) is 0 Å². The van der Waals surface area contributed by atoms with Crippen molar-refractivity contribution in [2.75, 3.05) is 20.2 Å². The van der Waals surface area contributed by atoms with Gasteiger partial charge in [-0.1, -0.05) is 19.4 Å². The van der Waals surface area contributed by atoms with Gasteiger partial charge in [-0.2, -0.15) is 0 Å². The van der Waals surface area contributed by atoms with Crippen LogP contribution in [0.4, 0.5) is 4.39 Å². The van der Waals surface area contributed by atoms with Crippen LogP contribution in [-0.4, -0.2) is 26.0 Å². The Kier molecular flexibility index (Phi) is 4.76. The summed E-state index contributed by atoms with van der Waals surface area (Å²) in [4.78, 5) is 12.6. The first kappa shape index (κ1) is 15.0. The van der Waals surface area contributed by atoms with Gasteiger partial charge in [-0.15, -0.1) is 0 Å². The molecule has 1 aromatic rings. The van der Waals surface area contributed by atoms with Crippen LogP contribution in [0, 0.1) is 11.2 Å². The average Bonchev–Trinajstić information content (AvgIpc) is 2.89. The molecule has 1 atom stereocenters. The molecule has 110 valence electrons. The summed E-state index contributed by atoms with van der Waals surface area (Å²) in [5, 5.41) is 3.28. The lowest BCUT2D eigenvalue weighted by atomic mass is 9.76. The summed E-state index contributed by atoms with van der Waals surface area (Å²) in [6.07, 6.45) is 3.07. The van der Waals surface area contributed by atoms with E-state index in [1.807, 2.05) is 0 Å². The number of Topliss-reactive ketones (excluding diaryl/α,β-unsaturated/α-hetero) is 1. The Hall–Kier alpha value is -1.42. The minimum absolute atomic E-state index is 0.215. The number of ether oxygens (including phenoxy) is 1. The van der Waals surface area contributed by atoms with Gasteiger partial charge in [-0.05, 0) is 37.1 Å². The molecule has 1 saturated heterocycles. The van der Waals surface area contributed by atoms with E-state index in [2.05, 4.69) is 12.2 Å². The van der Waals surface area contributed by atoms with Crippen molar-refractivity contribution in [3.63, 3.8) is 0 Å². The molecule has 0 spiro atoms. The lowest BCUT2D eigenvalue weighted by molar-refractivity contribution is -0.127. The van der Waals surface area contributed by atoms with Crippen molar-refractivity contribution in [2.45, 2.75) is 32.6 Å². The van der Waals surface area contributed by atoms with E-state index in [-0.39, 0.29) is 16.9 Å². The average molecular weight is 279 g/mol. The molecule has 0 saturated carbocycles. The SMILES string of the molecule is CCCC1(C(=O)Cc2ccc(OC)c(F)c2)CCNC1. The molecular weight excluding hydrogens is 257 g/mol. The van der Waals surface area contributed by atoms with Crippen LogP contribution in [-0.2, 0) is 11.2 Å². The fourth-order valence-corrected chi connectivity index (χ4v) is 3.01. The van der Waals surface area contributed by atoms with Crippen molar-refractivity contribution in [2.24, 2.45) is 5.41 Å². The topological polar surface area (TPSA) is 38.3 Å². The number of carbonyl (C=O) groups excluding carboxylic acids is 1. The summed E-state index contributed by atoms with van der Waals surface area (Å²) in [7, 11) is 1.43. The Bertz CT molecular complexity index is 481. The maximum absolute atomic E-state index is 13.7. The number of halogens is 1. The van der Waals surface area contributed by atoms with Crippen LogP contribution in [0.5, 0.6) is 5.75 Å². The largest absolute Gasteiger partial charge is 0.494 e. The molecular formula is C16H22FNO2. The van der Waals surface area contributed by atoms with Gasteiger partial charge >= 0.3 is 0 Å². The predicted molar refractivity (Wildman–Crippen MR) is 76.5 cm³/mol. The molecule has 1 aromatic carbocycles. The van der Waals surface area contributed by atoms with Crippen LogP contribution in [0.1, 0.15) is 31.7 Å². The number of nitrogens with one attached hydrogen (secondary N) is 1. The maximum Gasteiger partial charge on any atom is 0.165 e. The zero-order valence-corrected chi connectivity index (χ0v) is 12.2. The summed E-state index contributed by atoms with van der Waals surface area (Å²) in [5.74, 6) is 0.0211. The van der Waals surface area contributed by atoms with Gasteiger partial charge in [-0.25, -0.2) is 4.39 Å². The van der Waals surface area contributed by atoms with E-state index in [0.717, 1.165) is 37.9 Å². The third-order valence-corrected chi connectivity index (χ3v) is 4.14. The molecule has 3 nitrogen and oxygen atoms in total. The predicted octanol–water partition coefficient (Wildman–Crippen LogP) is 2.73. The summed E-state index contributed by atoms with van der Waals surface area (Å²) in [6, 6.07) is 4.75. The Labute approximate surface area is 119 Å². The molecule has 0 bridgehead atoms. The molecule has 0 radical (unpaired) electrons. The molecule has 0 aromatic heterocycles. The second kappa shape index (κ2) is 6.35. The van der Waals surface area contributed by atoms with Crippen LogP contribution in [0.3, 0.4) is 0 Å². The fraction of sp³-hybridized carbons (Fsp3) is 0.562. The van der Waals surface area contributed by atoms with E-state index in [4.69, 9.17) is 4.74 Å². The van der Waals surface area contributed by atoms with Crippen LogP contribution >= 0.6 is 0 Å². The second-order valence-corrected chi connectivity index (χ2v) is 5.53. The number of carbonyl (C=O) groups is 1. The van der Waals surface area contributed by atoms with Crippen molar-refractivity contribution in [3.05, 3.63) is 29.6 Å². The summed E-state index contributed by atoms with van der Waals surface area (Å²) >= 11 is 0. The molecule has 1 aliphatic heterocycles. The Morgan fingerprint density at radius 1 is 1.50 bits per heavy atom. The standard InChI is InChI=1S/C16H22FNO2/c1-3-6-16(7-8-18-11-16)15(19)10-12-4-5-14(20-2)13(17)9-12/h4-5,9,18H,3,6-8,10-11H2,1-2H3. The van der Waals surface area contributed by atoms with Gasteiger partial charge < -0.3 is 10.1 Å². The van der Waals surface area contributed by atoms with Gasteiger partial charge in [0, 0.05) is 18.4 Å². The number of benzene rings is 1. The maximum atomic E-state index is 13.7. The van der Waals surface area contributed by atoms with Crippen molar-refractivity contribution in [1.82, 2.24) is 5.32 Å². The van der Waals surface area contributed by atoms with E-state index in [1.54, 1.807) is 12.1 Å². The van der Waals surface area contributed by atoms with Crippen molar-refractivity contribution in [3.8, 4) is 5.75 Å². The zero-order chi connectivity index (χ0) is 14.6. The highest BCUT2D eigenvalue weighted by Gasteiger charge is 2.39. The van der Waals surface area contributed by atoms with Crippen molar-refractivity contribution < 1.29 is 13.9 Å². The zero-order valence-electron chi connectivity index (χ0n) is 12.2. The highest BCUT2D eigenvalue weighted by Crippen LogP contribution is 2.33. The Morgan fingerprint density at radius 3 is 2.85 bits per heavy atom. The quantitative estimate of drug-likeness (QED) is 0.870. The normalized spacial score (nSPS) is 21.9. The van der Waals surface area contributed by atoms with Crippen LogP contribution in [0.2, 0.25) is 0 Å². The van der Waals surface area contributed by atoms with Crippen LogP contribution < -0.4 is 10.1 Å². The molecule has 1 unspecified atom stereocenters. The molecule has 2 rings (SSSR count). The molecule has 4 heteroatoms. The van der Waals surface area contributed by atoms with Gasteiger partial charge in [0.1, 0.15) is 5.78 Å². The molecule has 1 N–H and O–H groups in total. The minimum Gasteiger partial charge on any atom is -0.494 e. The number of methoxy groups -OCH3 is 1. The van der Waals surface area contributed by atoms with Crippen LogP contribution in [0.15, 0.2) is 18.2 Å². The Balaban J connectivity index is 2.12. The molecule has 1 heterocycles. The lowest BCUT2D eigenvalue weighted by Crippen LogP contribution is -2.34. The third-order valence-electron chi connectivity index (χ3n) is 4.14. The second-order valence-electron chi connectivity index (χ2n) is 5.53. The highest BCUT2D eigenvalue weighted by atomic mass is 19.1. The van der Waals surface area contributed by atoms with E-state index in [0.29, 0.717) is 6.42 Å². The van der Waals surface area contributed by atoms with Crippen molar-refractivity contribution >= 4 is 5.78 Å². The van der Waals surface area contributed by atoms with Gasteiger partial charge in [-0.3, -0.25) is 4.79 Å². The molecule has 0 amide bonds. The van der Waals surface area contributed by atoms with E-state index in [1.165, 1.54) is 13.2 Å². The van der Waals surface area contributed by atoms with E-state index < -0.39 is 5.82 Å². The Morgan fingerprint density at radius 2 is 2.30 bits per heavy atom. The first-order valence-corrected chi connectivity index (χ1v) is 7.18. The first-order chi connectivity index (χ1) is 9.61. The summed E-state index contributed by atoms with van der Waals surface area (Å²) in [6.45, 7) is 3.74. The van der Waals surface area contributed by atoms with Gasteiger partial charge in [0.05, 0.1) is 7.11 Å². The smallest absolute Gasteiger partial charge is 0.165 e. The third kappa shape index (κ3) is 3.01. The molecule has 20 heavy (non-hydrogen) atoms. The van der Waals surface area contributed by atoms with E-state index >= 15 is 0 Å². The van der Waals surface area contributed by atoms with Gasteiger partial charge in [0.2, 0.25) is 0 Å². The van der Waals surface area contributed by atoms with Crippen LogP contribution in [0.25, 0.3) is 0 Å². The lowest BCUT2D eigenvalue weighted by Gasteiger charge is -2.26. The summed E-state index contributed by atoms with van der Waals surface area (Å²) in [5.41, 5.74) is 0.459. The summed E-state index contributed by atoms with van der Waals surface area (Å²) < 4.78 is 18.6. The van der Waals surface area contributed by atoms with Crippen molar-refractivity contribution in [1.29, 1.82) is 0 Å². The number of ketones is 1. The molecule has 1 fully saturated rings. The number of hydrogen-bond donors (Lipinski definition) is 1. The van der Waals surface area contributed by atoms with E-state index in [9.17, 15) is 9.18 Å². The minimum atomic E-state index is -0.410. The monoisotopic (exact) mass is 279 g/mol. The first-order valence-electron chi connectivity index (χ1n) is 7.18. The molecule has 1 aliphatic rings. The molecule has 0 aliphatic carbocycles. The number of rotatable bonds is 6. The highest BCUT2D eigenvalue weighted by molar-refractivity contribution is 5.87. The number of hydrogen-bond acceptors (Lipinski definition) is 3. The fourth-order valence-electron chi connectivity index (χ4n) is 3.01.